The summed E-state index contributed by atoms with van der Waals surface area (Å²) >= 11 is 0. The Morgan fingerprint density at radius 1 is 1.16 bits per heavy atom. The van der Waals surface area contributed by atoms with Gasteiger partial charge in [0.15, 0.2) is 16.9 Å². The van der Waals surface area contributed by atoms with Crippen LogP contribution in [0.2, 0.25) is 0 Å². The van der Waals surface area contributed by atoms with E-state index < -0.39 is 16.8 Å². The number of aromatic carboxylic acids is 1. The van der Waals surface area contributed by atoms with Gasteiger partial charge in [-0.1, -0.05) is 13.8 Å². The zero-order chi connectivity index (χ0) is 23.2. The van der Waals surface area contributed by atoms with E-state index in [4.69, 9.17) is 14.2 Å². The van der Waals surface area contributed by atoms with Crippen LogP contribution in [-0.2, 0) is 11.2 Å². The number of carbonyl (C=O) groups is 1. The number of aliphatic hydroxyl groups is 1. The third-order valence-corrected chi connectivity index (χ3v) is 6.71. The van der Waals surface area contributed by atoms with Crippen LogP contribution in [0.25, 0.3) is 11.3 Å². The highest BCUT2D eigenvalue weighted by atomic mass is 16.5. The summed E-state index contributed by atoms with van der Waals surface area (Å²) in [6.45, 7) is 3.75. The summed E-state index contributed by atoms with van der Waals surface area (Å²) in [5.74, 6) is -0.0945. The van der Waals surface area contributed by atoms with Gasteiger partial charge >= 0.3 is 5.97 Å². The second kappa shape index (κ2) is 8.26. The first-order chi connectivity index (χ1) is 15.2. The molecule has 0 amide bonds. The minimum atomic E-state index is -1.27. The van der Waals surface area contributed by atoms with Crippen molar-refractivity contribution in [3.8, 4) is 22.8 Å². The first-order valence-electron chi connectivity index (χ1n) is 10.7. The molecule has 4 rings (SSSR count). The van der Waals surface area contributed by atoms with Gasteiger partial charge in [-0.15, -0.1) is 0 Å². The van der Waals surface area contributed by atoms with Crippen LogP contribution in [0.1, 0.15) is 48.7 Å². The number of fused-ring (bicyclic) bond motifs is 3. The Bertz CT molecular complexity index is 1100. The average molecular weight is 443 g/mol. The number of aliphatic hydroxyl groups excluding tert-OH is 1. The predicted molar refractivity (Wildman–Crippen MR) is 118 cm³/mol. The van der Waals surface area contributed by atoms with Gasteiger partial charge in [0.1, 0.15) is 11.7 Å². The molecule has 1 aliphatic carbocycles. The standard InChI is InChI=1S/C24H29NO7/c1-24(2,12-26)22-6-13-5-21(32-15-7-14(8-15)30-3)20(31-4)9-16(13)18-10-19(27)17(23(28)29)11-25(18)22/h5,9-11,14-15,22,26H,6-8,12H2,1-4H3,(H,28,29)/t14-,15-,22-/m0/s1. The van der Waals surface area contributed by atoms with Crippen molar-refractivity contribution in [3.05, 3.63) is 45.7 Å². The molecule has 0 radical (unpaired) electrons. The number of hydrogen-bond acceptors (Lipinski definition) is 6. The van der Waals surface area contributed by atoms with E-state index in [1.54, 1.807) is 18.8 Å². The normalized spacial score (nSPS) is 21.8. The number of pyridine rings is 1. The molecule has 1 aromatic heterocycles. The van der Waals surface area contributed by atoms with Crippen LogP contribution < -0.4 is 14.9 Å². The molecule has 0 spiro atoms. The van der Waals surface area contributed by atoms with Gasteiger partial charge in [-0.3, -0.25) is 4.79 Å². The lowest BCUT2D eigenvalue weighted by molar-refractivity contribution is -0.0388. The highest BCUT2D eigenvalue weighted by molar-refractivity contribution is 5.88. The summed E-state index contributed by atoms with van der Waals surface area (Å²) in [7, 11) is 3.26. The first-order valence-corrected chi connectivity index (χ1v) is 10.7. The molecule has 1 aromatic carbocycles. The fourth-order valence-corrected chi connectivity index (χ4v) is 4.50. The van der Waals surface area contributed by atoms with Crippen LogP contribution in [0, 0.1) is 5.41 Å². The summed E-state index contributed by atoms with van der Waals surface area (Å²) in [4.78, 5) is 24.1. The van der Waals surface area contributed by atoms with E-state index in [1.165, 1.54) is 12.3 Å². The smallest absolute Gasteiger partial charge is 0.341 e. The largest absolute Gasteiger partial charge is 0.493 e. The predicted octanol–water partition coefficient (Wildman–Crippen LogP) is 2.89. The summed E-state index contributed by atoms with van der Waals surface area (Å²) in [5, 5.41) is 19.5. The molecule has 1 aliphatic heterocycles. The molecule has 1 atom stereocenters. The molecule has 2 N–H and O–H groups in total. The fraction of sp³-hybridized carbons (Fsp3) is 0.500. The van der Waals surface area contributed by atoms with Crippen LogP contribution in [0.5, 0.6) is 11.5 Å². The van der Waals surface area contributed by atoms with Crippen molar-refractivity contribution < 1.29 is 29.2 Å². The molecule has 2 heterocycles. The van der Waals surface area contributed by atoms with Gasteiger partial charge in [0.2, 0.25) is 0 Å². The van der Waals surface area contributed by atoms with Crippen LogP contribution in [0.4, 0.5) is 0 Å². The Morgan fingerprint density at radius 3 is 2.47 bits per heavy atom. The van der Waals surface area contributed by atoms with Gasteiger partial charge in [-0.2, -0.15) is 0 Å². The van der Waals surface area contributed by atoms with E-state index in [1.807, 2.05) is 26.0 Å². The third-order valence-electron chi connectivity index (χ3n) is 6.71. The van der Waals surface area contributed by atoms with Gasteiger partial charge in [0, 0.05) is 49.2 Å². The summed E-state index contributed by atoms with van der Waals surface area (Å²) in [6, 6.07) is 4.88. The van der Waals surface area contributed by atoms with Crippen LogP contribution in [0.3, 0.4) is 0 Å². The first kappa shape index (κ1) is 22.4. The Morgan fingerprint density at radius 2 is 1.88 bits per heavy atom. The molecule has 172 valence electrons. The van der Waals surface area contributed by atoms with Gasteiger partial charge in [-0.05, 0) is 24.1 Å². The molecule has 0 saturated heterocycles. The number of methoxy groups -OCH3 is 2. The number of nitrogens with zero attached hydrogens (tertiary/aromatic N) is 1. The molecule has 1 fully saturated rings. The fourth-order valence-electron chi connectivity index (χ4n) is 4.50. The average Bonchev–Trinajstić information content (AvgIpc) is 2.74. The van der Waals surface area contributed by atoms with E-state index >= 15 is 0 Å². The summed E-state index contributed by atoms with van der Waals surface area (Å²) in [5.41, 5.74) is 0.935. The molecule has 8 heteroatoms. The van der Waals surface area contributed by atoms with E-state index in [2.05, 4.69) is 0 Å². The van der Waals surface area contributed by atoms with E-state index in [-0.39, 0.29) is 30.4 Å². The maximum Gasteiger partial charge on any atom is 0.341 e. The van der Waals surface area contributed by atoms with Crippen molar-refractivity contribution in [2.75, 3.05) is 20.8 Å². The molecular weight excluding hydrogens is 414 g/mol. The highest BCUT2D eigenvalue weighted by Gasteiger charge is 2.37. The van der Waals surface area contributed by atoms with Gasteiger partial charge < -0.3 is 29.0 Å². The quantitative estimate of drug-likeness (QED) is 0.678. The summed E-state index contributed by atoms with van der Waals surface area (Å²) in [6.07, 6.45) is 3.82. The Hall–Kier alpha value is -2.84. The SMILES string of the molecule is COc1cc2c(cc1O[C@H]1C[C@H](OC)C1)C[C@@H](C(C)(C)CO)n1cc(C(=O)O)c(=O)cc1-2. The topological polar surface area (TPSA) is 107 Å². The minimum Gasteiger partial charge on any atom is -0.493 e. The van der Waals surface area contributed by atoms with Crippen LogP contribution in [-0.4, -0.2) is 53.8 Å². The third kappa shape index (κ3) is 3.78. The van der Waals surface area contributed by atoms with Crippen molar-refractivity contribution in [2.45, 2.75) is 51.4 Å². The van der Waals surface area contributed by atoms with E-state index in [0.717, 1.165) is 24.0 Å². The lowest BCUT2D eigenvalue weighted by Gasteiger charge is -2.40. The maximum atomic E-state index is 12.5. The number of aromatic nitrogens is 1. The zero-order valence-corrected chi connectivity index (χ0v) is 18.8. The van der Waals surface area contributed by atoms with Crippen molar-refractivity contribution in [1.82, 2.24) is 4.57 Å². The highest BCUT2D eigenvalue weighted by Crippen LogP contribution is 2.46. The molecule has 32 heavy (non-hydrogen) atoms. The zero-order valence-electron chi connectivity index (χ0n) is 18.8. The molecule has 2 aliphatic rings. The van der Waals surface area contributed by atoms with Gasteiger partial charge in [0.05, 0.1) is 25.5 Å². The van der Waals surface area contributed by atoms with Crippen molar-refractivity contribution >= 4 is 5.97 Å². The lowest BCUT2D eigenvalue weighted by atomic mass is 9.78. The number of hydrogen-bond donors (Lipinski definition) is 2. The van der Waals surface area contributed by atoms with Crippen molar-refractivity contribution in [2.24, 2.45) is 5.41 Å². The van der Waals surface area contributed by atoms with E-state index in [0.29, 0.717) is 23.6 Å². The van der Waals surface area contributed by atoms with Gasteiger partial charge in [0.25, 0.3) is 0 Å². The molecule has 8 nitrogen and oxygen atoms in total. The Balaban J connectivity index is 1.83. The second-order valence-corrected chi connectivity index (χ2v) is 9.24. The molecule has 0 unspecified atom stereocenters. The summed E-state index contributed by atoms with van der Waals surface area (Å²) < 4.78 is 18.9. The number of benzene rings is 1. The van der Waals surface area contributed by atoms with Crippen LogP contribution >= 0.6 is 0 Å². The lowest BCUT2D eigenvalue weighted by Crippen LogP contribution is -2.39. The number of carboxylic acid groups (broad SMARTS) is 1. The molecule has 2 aromatic rings. The Labute approximate surface area is 186 Å². The second-order valence-electron chi connectivity index (χ2n) is 9.24. The van der Waals surface area contributed by atoms with E-state index in [9.17, 15) is 19.8 Å². The molecule has 1 saturated carbocycles. The number of carboxylic acids is 1. The minimum absolute atomic E-state index is 0.0493. The molecular formula is C24H29NO7. The Kier molecular flexibility index (Phi) is 5.77. The van der Waals surface area contributed by atoms with Crippen LogP contribution in [0.15, 0.2) is 29.2 Å². The number of ether oxygens (including phenoxy) is 3. The maximum absolute atomic E-state index is 12.5. The van der Waals surface area contributed by atoms with Crippen molar-refractivity contribution in [3.63, 3.8) is 0 Å². The molecule has 0 bridgehead atoms. The van der Waals surface area contributed by atoms with Crippen molar-refractivity contribution in [1.29, 1.82) is 0 Å². The number of rotatable bonds is 7. The monoisotopic (exact) mass is 443 g/mol. The van der Waals surface area contributed by atoms with Gasteiger partial charge in [-0.25, -0.2) is 4.79 Å².